The summed E-state index contributed by atoms with van der Waals surface area (Å²) >= 11 is 0. The Balaban J connectivity index is 1.60. The van der Waals surface area contributed by atoms with Crippen LogP contribution >= 0.6 is 7.49 Å². The Morgan fingerprint density at radius 1 is 1.16 bits per heavy atom. The van der Waals surface area contributed by atoms with Crippen LogP contribution in [0.25, 0.3) is 10.8 Å². The zero-order valence-electron chi connectivity index (χ0n) is 18.6. The molecule has 1 aromatic heterocycles. The monoisotopic (exact) mass is 457 g/mol. The zero-order chi connectivity index (χ0) is 23.1. The van der Waals surface area contributed by atoms with Crippen LogP contribution in [0.15, 0.2) is 47.3 Å². The van der Waals surface area contributed by atoms with Crippen LogP contribution in [0.5, 0.6) is 0 Å². The van der Waals surface area contributed by atoms with Crippen LogP contribution in [0.1, 0.15) is 32.0 Å². The van der Waals surface area contributed by atoms with E-state index >= 15 is 0 Å². The number of aromatic amines is 1. The van der Waals surface area contributed by atoms with Gasteiger partial charge in [-0.1, -0.05) is 0 Å². The molecule has 32 heavy (non-hydrogen) atoms. The van der Waals surface area contributed by atoms with Crippen molar-refractivity contribution in [3.05, 3.63) is 69.9 Å². The summed E-state index contributed by atoms with van der Waals surface area (Å²) in [4.78, 5) is 37.8. The molecule has 0 aliphatic carbocycles. The fourth-order valence-corrected chi connectivity index (χ4v) is 7.41. The molecule has 8 heteroatoms. The van der Waals surface area contributed by atoms with Gasteiger partial charge in [0.2, 0.25) is 0 Å². The molecule has 1 fully saturated rings. The summed E-state index contributed by atoms with van der Waals surface area (Å²) in [7, 11) is -3.06. The molecule has 1 saturated heterocycles. The van der Waals surface area contributed by atoms with Crippen molar-refractivity contribution in [2.45, 2.75) is 27.2 Å². The third kappa shape index (κ3) is 4.32. The number of nitrogens with zero attached hydrogens (tertiary/aromatic N) is 2. The van der Waals surface area contributed by atoms with Crippen molar-refractivity contribution in [1.82, 2.24) is 15.1 Å². The third-order valence-corrected chi connectivity index (χ3v) is 9.69. The van der Waals surface area contributed by atoms with Crippen molar-refractivity contribution in [2.24, 2.45) is 5.41 Å². The standard InChI is InChI=1S/C24H29FN3O3P/c1-24(2,3)23(30)28-10-12-32(31,13-11-28)21-15-16(8-9-19(21)25)14-20-17-6-4-5-7-18(17)22(29)27-26-20/h4-9,15,31-32H,10-14H2,1-3H3,(H,27,29). The third-order valence-electron chi connectivity index (χ3n) is 6.20. The van der Waals surface area contributed by atoms with E-state index in [0.717, 1.165) is 10.9 Å². The van der Waals surface area contributed by atoms with Crippen molar-refractivity contribution in [3.8, 4) is 0 Å². The van der Waals surface area contributed by atoms with Gasteiger partial charge in [0.1, 0.15) is 0 Å². The predicted molar refractivity (Wildman–Crippen MR) is 128 cm³/mol. The van der Waals surface area contributed by atoms with Crippen LogP contribution in [0.4, 0.5) is 4.39 Å². The number of halogens is 1. The topological polar surface area (TPSA) is 86.3 Å². The zero-order valence-corrected chi connectivity index (χ0v) is 19.6. The Bertz CT molecular complexity index is 1230. The van der Waals surface area contributed by atoms with E-state index in [0.29, 0.717) is 48.2 Å². The summed E-state index contributed by atoms with van der Waals surface area (Å²) in [5.41, 5.74) is 0.786. The fraction of sp³-hybridized carbons (Fsp3) is 0.375. The minimum atomic E-state index is -3.06. The van der Waals surface area contributed by atoms with Gasteiger partial charge in [-0.25, -0.2) is 0 Å². The molecular formula is C24H29FN3O3P. The van der Waals surface area contributed by atoms with Gasteiger partial charge in [0.25, 0.3) is 0 Å². The van der Waals surface area contributed by atoms with Crippen molar-refractivity contribution in [1.29, 1.82) is 0 Å². The molecule has 0 radical (unpaired) electrons. The van der Waals surface area contributed by atoms with Gasteiger partial charge >= 0.3 is 187 Å². The van der Waals surface area contributed by atoms with Crippen LogP contribution in [-0.2, 0) is 11.2 Å². The minimum absolute atomic E-state index is 0.0544. The van der Waals surface area contributed by atoms with Crippen molar-refractivity contribution >= 4 is 29.5 Å². The first-order valence-corrected chi connectivity index (χ1v) is 13.2. The van der Waals surface area contributed by atoms with Crippen LogP contribution in [-0.4, -0.2) is 51.3 Å². The van der Waals surface area contributed by atoms with Gasteiger partial charge < -0.3 is 0 Å². The number of carbonyl (C=O) groups is 1. The molecule has 1 amide bonds. The Hall–Kier alpha value is -2.63. The second kappa shape index (κ2) is 8.38. The fourth-order valence-electron chi connectivity index (χ4n) is 4.36. The molecular weight excluding hydrogens is 428 g/mol. The summed E-state index contributed by atoms with van der Waals surface area (Å²) in [6, 6.07) is 12.1. The number of aromatic nitrogens is 2. The molecule has 4 rings (SSSR count). The van der Waals surface area contributed by atoms with Gasteiger partial charge in [0.05, 0.1) is 0 Å². The predicted octanol–water partition coefficient (Wildman–Crippen LogP) is 2.82. The van der Waals surface area contributed by atoms with Gasteiger partial charge in [-0.15, -0.1) is 0 Å². The molecule has 3 aromatic rings. The Labute approximate surface area is 186 Å². The molecule has 2 N–H and O–H groups in total. The van der Waals surface area contributed by atoms with E-state index in [-0.39, 0.29) is 11.5 Å². The van der Waals surface area contributed by atoms with Crippen molar-refractivity contribution < 1.29 is 14.1 Å². The normalized spacial score (nSPS) is 17.3. The molecule has 2 aromatic carbocycles. The maximum atomic E-state index is 14.8. The van der Waals surface area contributed by atoms with E-state index in [1.807, 2.05) is 32.9 Å². The van der Waals surface area contributed by atoms with Crippen LogP contribution < -0.4 is 10.9 Å². The van der Waals surface area contributed by atoms with Gasteiger partial charge in [0.15, 0.2) is 0 Å². The first kappa shape index (κ1) is 22.6. The molecule has 2 heterocycles. The van der Waals surface area contributed by atoms with Crippen LogP contribution in [0.3, 0.4) is 0 Å². The summed E-state index contributed by atoms with van der Waals surface area (Å²) in [6.45, 7) is 6.52. The second-order valence-corrected chi connectivity index (χ2v) is 13.2. The summed E-state index contributed by atoms with van der Waals surface area (Å²) in [5.74, 6) is -0.350. The Morgan fingerprint density at radius 2 is 1.81 bits per heavy atom. The van der Waals surface area contributed by atoms with Gasteiger partial charge in [-0.2, -0.15) is 0 Å². The number of carbonyl (C=O) groups excluding carboxylic acids is 1. The average Bonchev–Trinajstić information content (AvgIpc) is 2.76. The van der Waals surface area contributed by atoms with E-state index in [1.165, 1.54) is 6.07 Å². The molecule has 0 bridgehead atoms. The van der Waals surface area contributed by atoms with Gasteiger partial charge in [-0.05, 0) is 0 Å². The molecule has 0 atom stereocenters. The molecule has 0 spiro atoms. The molecule has 1 aliphatic heterocycles. The Kier molecular flexibility index (Phi) is 5.91. The number of fused-ring (bicyclic) bond motifs is 1. The van der Waals surface area contributed by atoms with E-state index < -0.39 is 18.7 Å². The number of benzene rings is 2. The van der Waals surface area contributed by atoms with Crippen molar-refractivity contribution in [3.63, 3.8) is 0 Å². The van der Waals surface area contributed by atoms with Crippen LogP contribution in [0, 0.1) is 11.2 Å². The molecule has 6 nitrogen and oxygen atoms in total. The van der Waals surface area contributed by atoms with E-state index in [4.69, 9.17) is 0 Å². The number of rotatable bonds is 3. The second-order valence-electron chi connectivity index (χ2n) is 9.61. The number of hydrogen-bond acceptors (Lipinski definition) is 4. The number of H-pyrrole nitrogens is 1. The summed E-state index contributed by atoms with van der Waals surface area (Å²) < 4.78 is 14.8. The summed E-state index contributed by atoms with van der Waals surface area (Å²) in [6.07, 6.45) is 1.23. The summed E-state index contributed by atoms with van der Waals surface area (Å²) in [5, 5.41) is 8.44. The average molecular weight is 457 g/mol. The van der Waals surface area contributed by atoms with E-state index in [1.54, 1.807) is 29.2 Å². The van der Waals surface area contributed by atoms with Gasteiger partial charge in [0, 0.05) is 0 Å². The Morgan fingerprint density at radius 3 is 2.47 bits per heavy atom. The number of hydrogen-bond donors (Lipinski definition) is 2. The van der Waals surface area contributed by atoms with E-state index in [2.05, 4.69) is 10.2 Å². The number of nitrogens with one attached hydrogen (secondary N) is 1. The molecule has 0 unspecified atom stereocenters. The first-order valence-electron chi connectivity index (χ1n) is 10.9. The molecule has 0 saturated carbocycles. The van der Waals surface area contributed by atoms with Gasteiger partial charge in [-0.3, -0.25) is 0 Å². The van der Waals surface area contributed by atoms with E-state index in [9.17, 15) is 18.9 Å². The SMILES string of the molecule is CC(C)(C)C(=O)N1CC[PH](O)(c2cc(Cc3n[nH]c(=O)c4ccccc34)ccc2F)CC1. The number of amides is 1. The molecule has 170 valence electrons. The maximum absolute atomic E-state index is 14.8. The van der Waals surface area contributed by atoms with Crippen LogP contribution in [0.2, 0.25) is 0 Å². The van der Waals surface area contributed by atoms with Crippen molar-refractivity contribution in [2.75, 3.05) is 25.4 Å². The quantitative estimate of drug-likeness (QED) is 0.593. The molecule has 1 aliphatic rings. The first-order chi connectivity index (χ1) is 15.1.